The molecule has 0 atom stereocenters. The number of nitrogen functional groups attached to an aromatic ring is 1. The predicted molar refractivity (Wildman–Crippen MR) is 101 cm³/mol. The van der Waals surface area contributed by atoms with Gasteiger partial charge in [0.05, 0.1) is 18.2 Å². The fraction of sp³-hybridized carbons (Fsp3) is 0.158. The van der Waals surface area contributed by atoms with E-state index in [1.54, 1.807) is 24.3 Å². The van der Waals surface area contributed by atoms with Crippen molar-refractivity contribution in [2.45, 2.75) is 13.1 Å². The molecule has 10 heteroatoms. The summed E-state index contributed by atoms with van der Waals surface area (Å²) in [6.45, 7) is -0.513. The van der Waals surface area contributed by atoms with Crippen molar-refractivity contribution in [1.82, 2.24) is 15.1 Å². The van der Waals surface area contributed by atoms with Gasteiger partial charge in [-0.15, -0.1) is 5.10 Å². The third-order valence-corrected chi connectivity index (χ3v) is 4.10. The third kappa shape index (κ3) is 5.43. The second-order valence-electron chi connectivity index (χ2n) is 5.95. The molecule has 0 unspecified atom stereocenters. The second kappa shape index (κ2) is 9.03. The van der Waals surface area contributed by atoms with E-state index in [4.69, 9.17) is 31.8 Å². The summed E-state index contributed by atoms with van der Waals surface area (Å²) in [6.07, 6.45) is 0. The van der Waals surface area contributed by atoms with Gasteiger partial charge >= 0.3 is 6.01 Å². The first kappa shape index (κ1) is 20.1. The van der Waals surface area contributed by atoms with Crippen LogP contribution in [0.5, 0.6) is 5.75 Å². The molecule has 0 aliphatic carbocycles. The van der Waals surface area contributed by atoms with Crippen LogP contribution in [0.3, 0.4) is 0 Å². The molecule has 0 saturated heterocycles. The van der Waals surface area contributed by atoms with E-state index in [-0.39, 0.29) is 42.7 Å². The summed E-state index contributed by atoms with van der Waals surface area (Å²) in [4.78, 5) is 14.0. The van der Waals surface area contributed by atoms with Gasteiger partial charge in [-0.25, -0.2) is 4.39 Å². The van der Waals surface area contributed by atoms with E-state index in [0.29, 0.717) is 10.8 Å². The molecule has 3 rings (SSSR count). The topological polar surface area (TPSA) is 118 Å². The number of anilines is 1. The zero-order valence-electron chi connectivity index (χ0n) is 15.0. The van der Waals surface area contributed by atoms with Gasteiger partial charge in [-0.1, -0.05) is 28.8 Å². The molecule has 1 aromatic heterocycles. The fourth-order valence-electron chi connectivity index (χ4n) is 2.47. The van der Waals surface area contributed by atoms with Crippen LogP contribution in [0.2, 0.25) is 5.02 Å². The Kier molecular flexibility index (Phi) is 6.26. The third-order valence-electron chi connectivity index (χ3n) is 3.86. The van der Waals surface area contributed by atoms with Crippen molar-refractivity contribution < 1.29 is 18.3 Å². The number of rotatable bonds is 7. The van der Waals surface area contributed by atoms with E-state index in [1.165, 1.54) is 17.0 Å². The molecule has 0 radical (unpaired) electrons. The number of halogens is 2. The molecule has 148 valence electrons. The van der Waals surface area contributed by atoms with Crippen molar-refractivity contribution in [3.63, 3.8) is 0 Å². The lowest BCUT2D eigenvalue weighted by molar-refractivity contribution is -0.135. The Morgan fingerprint density at radius 2 is 2.10 bits per heavy atom. The van der Waals surface area contributed by atoms with Gasteiger partial charge < -0.3 is 19.8 Å². The van der Waals surface area contributed by atoms with Crippen molar-refractivity contribution in [2.24, 2.45) is 0 Å². The summed E-state index contributed by atoms with van der Waals surface area (Å²) < 4.78 is 24.9. The van der Waals surface area contributed by atoms with E-state index in [9.17, 15) is 9.18 Å². The van der Waals surface area contributed by atoms with Gasteiger partial charge in [-0.3, -0.25) is 4.79 Å². The normalized spacial score (nSPS) is 10.4. The second-order valence-corrected chi connectivity index (χ2v) is 6.38. The molecule has 1 amide bonds. The standard InChI is InChI=1S/C19H15ClFN5O3/c20-14-2-1-3-15(7-14)28-11-18(27)26(10-17-24-25-19(23)29-17)9-13-5-4-12(8-22)6-16(13)21/h1-7H,9-11H2,(H2,23,25). The quantitative estimate of drug-likeness (QED) is 0.630. The number of amides is 1. The van der Waals surface area contributed by atoms with Crippen molar-refractivity contribution in [3.8, 4) is 11.8 Å². The first-order valence-corrected chi connectivity index (χ1v) is 8.75. The van der Waals surface area contributed by atoms with Gasteiger partial charge in [-0.05, 0) is 30.3 Å². The predicted octanol–water partition coefficient (Wildman–Crippen LogP) is 2.92. The highest BCUT2D eigenvalue weighted by Crippen LogP contribution is 2.18. The number of hydrogen-bond donors (Lipinski definition) is 1. The molecule has 0 saturated carbocycles. The molecule has 2 N–H and O–H groups in total. The molecule has 3 aromatic rings. The minimum Gasteiger partial charge on any atom is -0.484 e. The first-order valence-electron chi connectivity index (χ1n) is 8.37. The Morgan fingerprint density at radius 3 is 2.76 bits per heavy atom. The van der Waals surface area contributed by atoms with Crippen LogP contribution in [0.4, 0.5) is 10.4 Å². The van der Waals surface area contributed by atoms with E-state index in [1.807, 2.05) is 6.07 Å². The van der Waals surface area contributed by atoms with Gasteiger partial charge in [0.1, 0.15) is 11.6 Å². The maximum atomic E-state index is 14.3. The van der Waals surface area contributed by atoms with Gasteiger partial charge in [-0.2, -0.15) is 5.26 Å². The Balaban J connectivity index is 1.76. The van der Waals surface area contributed by atoms with Crippen LogP contribution in [0, 0.1) is 17.1 Å². The lowest BCUT2D eigenvalue weighted by Crippen LogP contribution is -2.34. The van der Waals surface area contributed by atoms with Crippen molar-refractivity contribution in [3.05, 3.63) is 70.3 Å². The highest BCUT2D eigenvalue weighted by molar-refractivity contribution is 6.30. The van der Waals surface area contributed by atoms with Crippen LogP contribution in [0.1, 0.15) is 17.0 Å². The van der Waals surface area contributed by atoms with Gasteiger partial charge in [0.2, 0.25) is 5.89 Å². The summed E-state index contributed by atoms with van der Waals surface area (Å²) in [7, 11) is 0. The number of nitrogens with zero attached hydrogens (tertiary/aromatic N) is 4. The largest absolute Gasteiger partial charge is 0.484 e. The van der Waals surface area contributed by atoms with Crippen LogP contribution in [-0.2, 0) is 17.9 Å². The first-order chi connectivity index (χ1) is 13.9. The number of hydrogen-bond acceptors (Lipinski definition) is 7. The number of carbonyl (C=O) groups is 1. The Morgan fingerprint density at radius 1 is 1.28 bits per heavy atom. The molecule has 1 heterocycles. The molecular formula is C19H15ClFN5O3. The van der Waals surface area contributed by atoms with Crippen LogP contribution < -0.4 is 10.5 Å². The van der Waals surface area contributed by atoms with Gasteiger partial charge in [0.25, 0.3) is 5.91 Å². The number of ether oxygens (including phenoxy) is 1. The van der Waals surface area contributed by atoms with Crippen molar-refractivity contribution in [2.75, 3.05) is 12.3 Å². The van der Waals surface area contributed by atoms with Crippen LogP contribution in [0.15, 0.2) is 46.9 Å². The highest BCUT2D eigenvalue weighted by atomic mass is 35.5. The summed E-state index contributed by atoms with van der Waals surface area (Å²) >= 11 is 5.90. The smallest absolute Gasteiger partial charge is 0.312 e. The zero-order valence-corrected chi connectivity index (χ0v) is 15.8. The fourth-order valence-corrected chi connectivity index (χ4v) is 2.65. The molecule has 0 aliphatic rings. The lowest BCUT2D eigenvalue weighted by Gasteiger charge is -2.21. The number of nitrogens with two attached hydrogens (primary N) is 1. The minimum absolute atomic E-state index is 0.0904. The molecule has 0 bridgehead atoms. The molecule has 8 nitrogen and oxygen atoms in total. The summed E-state index contributed by atoms with van der Waals surface area (Å²) in [6, 6.07) is 12.3. The van der Waals surface area contributed by atoms with E-state index >= 15 is 0 Å². The molecular weight excluding hydrogens is 401 g/mol. The number of benzene rings is 2. The van der Waals surface area contributed by atoms with E-state index in [0.717, 1.165) is 6.07 Å². The monoisotopic (exact) mass is 415 g/mol. The van der Waals surface area contributed by atoms with E-state index < -0.39 is 11.7 Å². The molecule has 0 fully saturated rings. The van der Waals surface area contributed by atoms with Crippen LogP contribution >= 0.6 is 11.6 Å². The Hall–Kier alpha value is -3.64. The Bertz CT molecular complexity index is 1070. The van der Waals surface area contributed by atoms with Crippen molar-refractivity contribution >= 4 is 23.5 Å². The minimum atomic E-state index is -0.609. The molecule has 0 aliphatic heterocycles. The Labute approximate surface area is 170 Å². The zero-order chi connectivity index (χ0) is 20.8. The average Bonchev–Trinajstić information content (AvgIpc) is 3.11. The summed E-state index contributed by atoms with van der Waals surface area (Å²) in [5, 5.41) is 16.6. The number of aromatic nitrogens is 2. The van der Waals surface area contributed by atoms with Crippen LogP contribution in [-0.4, -0.2) is 27.6 Å². The van der Waals surface area contributed by atoms with Crippen molar-refractivity contribution in [1.29, 1.82) is 5.26 Å². The maximum absolute atomic E-state index is 14.3. The summed E-state index contributed by atoms with van der Waals surface area (Å²) in [5.41, 5.74) is 5.81. The average molecular weight is 416 g/mol. The van der Waals surface area contributed by atoms with Gasteiger partial charge in [0.15, 0.2) is 6.61 Å². The SMILES string of the molecule is N#Cc1ccc(CN(Cc2nnc(N)o2)C(=O)COc2cccc(Cl)c2)c(F)c1. The van der Waals surface area contributed by atoms with Gasteiger partial charge in [0, 0.05) is 17.1 Å². The lowest BCUT2D eigenvalue weighted by atomic mass is 10.1. The molecule has 29 heavy (non-hydrogen) atoms. The maximum Gasteiger partial charge on any atom is 0.312 e. The van der Waals surface area contributed by atoms with E-state index in [2.05, 4.69) is 10.2 Å². The molecule has 0 spiro atoms. The number of carbonyl (C=O) groups excluding carboxylic acids is 1. The highest BCUT2D eigenvalue weighted by Gasteiger charge is 2.20. The molecule has 2 aromatic carbocycles. The van der Waals surface area contributed by atoms with Crippen LogP contribution in [0.25, 0.3) is 0 Å². The number of nitriles is 1. The summed E-state index contributed by atoms with van der Waals surface area (Å²) in [5.74, 6) is -0.557.